The van der Waals surface area contributed by atoms with Gasteiger partial charge in [-0.25, -0.2) is 0 Å². The molecule has 2 atom stereocenters. The number of hydrogen-bond acceptors (Lipinski definition) is 1. The Morgan fingerprint density at radius 2 is 2.30 bits per heavy atom. The largest absolute Gasteiger partial charge is 0.341 e. The first kappa shape index (κ1) is 10.8. The van der Waals surface area contributed by atoms with Crippen LogP contribution >= 0.6 is 0 Å². The van der Waals surface area contributed by atoms with Gasteiger partial charge in [-0.1, -0.05) is 6.42 Å². The Morgan fingerprint density at radius 3 is 2.70 bits per heavy atom. The Hall–Kier alpha value is 0.774. The van der Waals surface area contributed by atoms with Gasteiger partial charge in [0.2, 0.25) is 0 Å². The van der Waals surface area contributed by atoms with Crippen LogP contribution in [0.5, 0.6) is 0 Å². The Labute approximate surface area is 88.6 Å². The molecule has 55 valence electrons. The molecule has 2 heteroatoms. The second kappa shape index (κ2) is 5.43. The summed E-state index contributed by atoms with van der Waals surface area (Å²) in [6.45, 7) is 7.80. The van der Waals surface area contributed by atoms with Crippen molar-refractivity contribution < 1.29 is 32.7 Å². The van der Waals surface area contributed by atoms with E-state index in [-0.39, 0.29) is 32.7 Å². The minimum Gasteiger partial charge on any atom is -0.341 e. The van der Waals surface area contributed by atoms with Crippen molar-refractivity contribution in [3.8, 4) is 0 Å². The molecule has 0 spiro atoms. The maximum Gasteiger partial charge on any atom is 0 e. The van der Waals surface area contributed by atoms with E-state index in [2.05, 4.69) is 18.8 Å². The van der Waals surface area contributed by atoms with Crippen molar-refractivity contribution in [1.29, 1.82) is 0 Å². The first-order chi connectivity index (χ1) is 4.34. The van der Waals surface area contributed by atoms with Crippen molar-refractivity contribution >= 4 is 6.21 Å². The predicted molar refractivity (Wildman–Crippen MR) is 40.3 cm³/mol. The van der Waals surface area contributed by atoms with E-state index >= 15 is 0 Å². The van der Waals surface area contributed by atoms with Crippen LogP contribution in [0.15, 0.2) is 4.99 Å². The zero-order chi connectivity index (χ0) is 6.69. The molecule has 1 radical (unpaired) electrons. The van der Waals surface area contributed by atoms with E-state index in [1.54, 1.807) is 0 Å². The molecular formula is C8H13NY-2. The summed E-state index contributed by atoms with van der Waals surface area (Å²) in [5.41, 5.74) is 0. The molecule has 0 fully saturated rings. The molecule has 1 aliphatic heterocycles. The molecule has 0 saturated heterocycles. The van der Waals surface area contributed by atoms with Crippen molar-refractivity contribution in [1.82, 2.24) is 0 Å². The summed E-state index contributed by atoms with van der Waals surface area (Å²) in [5.74, 6) is 0.507. The summed E-state index contributed by atoms with van der Waals surface area (Å²) < 4.78 is 0. The third-order valence-corrected chi connectivity index (χ3v) is 1.80. The van der Waals surface area contributed by atoms with Crippen molar-refractivity contribution in [3.63, 3.8) is 0 Å². The van der Waals surface area contributed by atoms with Gasteiger partial charge in [0.05, 0.1) is 0 Å². The van der Waals surface area contributed by atoms with Crippen LogP contribution in [0.2, 0.25) is 0 Å². The number of nitrogens with zero attached hydrogens (tertiary/aromatic N) is 1. The molecule has 1 heterocycles. The molecule has 10 heavy (non-hydrogen) atoms. The SMILES string of the molecule is [CH2-]CC1N=CCCC1[CH2-].[Y]. The summed E-state index contributed by atoms with van der Waals surface area (Å²) in [7, 11) is 0. The molecule has 1 aliphatic rings. The van der Waals surface area contributed by atoms with Gasteiger partial charge in [-0.2, -0.15) is 6.42 Å². The van der Waals surface area contributed by atoms with E-state index in [0.717, 1.165) is 12.8 Å². The molecule has 0 N–H and O–H groups in total. The van der Waals surface area contributed by atoms with Gasteiger partial charge in [0.25, 0.3) is 0 Å². The second-order valence-corrected chi connectivity index (χ2v) is 2.53. The topological polar surface area (TPSA) is 12.4 Å². The van der Waals surface area contributed by atoms with Gasteiger partial charge < -0.3 is 13.8 Å². The van der Waals surface area contributed by atoms with Crippen molar-refractivity contribution in [3.05, 3.63) is 13.8 Å². The maximum atomic E-state index is 4.28. The first-order valence-electron chi connectivity index (χ1n) is 3.48. The third-order valence-electron chi connectivity index (χ3n) is 1.80. The van der Waals surface area contributed by atoms with E-state index in [4.69, 9.17) is 0 Å². The standard InChI is InChI=1S/C8H13N.Y/c1-3-8-7(2)5-4-6-9-8;/h6-8H,1-5H2;/q-2;. The molecule has 0 bridgehead atoms. The van der Waals surface area contributed by atoms with Crippen LogP contribution in [-0.4, -0.2) is 12.3 Å². The Morgan fingerprint density at radius 1 is 1.60 bits per heavy atom. The maximum absolute atomic E-state index is 4.28. The second-order valence-electron chi connectivity index (χ2n) is 2.53. The van der Waals surface area contributed by atoms with Gasteiger partial charge in [0.15, 0.2) is 0 Å². The fourth-order valence-corrected chi connectivity index (χ4v) is 1.12. The summed E-state index contributed by atoms with van der Waals surface area (Å²) >= 11 is 0. The van der Waals surface area contributed by atoms with E-state index < -0.39 is 0 Å². The average molecular weight is 212 g/mol. The van der Waals surface area contributed by atoms with Crippen LogP contribution in [0, 0.1) is 19.8 Å². The van der Waals surface area contributed by atoms with Crippen LogP contribution < -0.4 is 0 Å². The smallest absolute Gasteiger partial charge is 0 e. The number of aliphatic imine (C=N–C) groups is 1. The molecule has 0 aromatic heterocycles. The summed E-state index contributed by atoms with van der Waals surface area (Å²) in [6.07, 6.45) is 5.18. The van der Waals surface area contributed by atoms with Crippen LogP contribution in [0.25, 0.3) is 0 Å². The fraction of sp³-hybridized carbons (Fsp3) is 0.625. The molecule has 0 aliphatic carbocycles. The Bertz CT molecular complexity index is 112. The quantitative estimate of drug-likeness (QED) is 0.588. The zero-order valence-electron chi connectivity index (χ0n) is 6.29. The van der Waals surface area contributed by atoms with E-state index in [9.17, 15) is 0 Å². The normalized spacial score (nSPS) is 31.4. The summed E-state index contributed by atoms with van der Waals surface area (Å²) in [5, 5.41) is 0. The molecule has 2 unspecified atom stereocenters. The summed E-state index contributed by atoms with van der Waals surface area (Å²) in [4.78, 5) is 4.28. The van der Waals surface area contributed by atoms with Crippen molar-refractivity contribution in [2.45, 2.75) is 25.3 Å². The van der Waals surface area contributed by atoms with Crippen molar-refractivity contribution in [2.75, 3.05) is 0 Å². The van der Waals surface area contributed by atoms with Gasteiger partial charge >= 0.3 is 0 Å². The van der Waals surface area contributed by atoms with E-state index in [0.29, 0.717) is 12.0 Å². The average Bonchev–Trinajstić information content (AvgIpc) is 1.89. The molecule has 0 amide bonds. The van der Waals surface area contributed by atoms with Gasteiger partial charge in [0.1, 0.15) is 0 Å². The third kappa shape index (κ3) is 2.79. The molecule has 1 nitrogen and oxygen atoms in total. The molecule has 0 saturated carbocycles. The Balaban J connectivity index is 0.000000810. The van der Waals surface area contributed by atoms with Gasteiger partial charge in [-0.3, -0.25) is 4.99 Å². The van der Waals surface area contributed by atoms with Crippen LogP contribution in [-0.2, 0) is 32.7 Å². The summed E-state index contributed by atoms with van der Waals surface area (Å²) in [6, 6.07) is 0.402. The predicted octanol–water partition coefficient (Wildman–Crippen LogP) is 1.89. The molecule has 0 aromatic rings. The van der Waals surface area contributed by atoms with Gasteiger partial charge in [-0.05, 0) is 18.7 Å². The molecular weight excluding hydrogens is 199 g/mol. The van der Waals surface area contributed by atoms with Gasteiger partial charge in [0, 0.05) is 32.7 Å². The van der Waals surface area contributed by atoms with E-state index in [1.165, 1.54) is 6.42 Å². The van der Waals surface area contributed by atoms with Crippen LogP contribution in [0.1, 0.15) is 19.3 Å². The number of hydrogen-bond donors (Lipinski definition) is 0. The first-order valence-corrected chi connectivity index (χ1v) is 3.48. The minimum atomic E-state index is 0. The van der Waals surface area contributed by atoms with E-state index in [1.807, 2.05) is 6.21 Å². The monoisotopic (exact) mass is 212 g/mol. The molecule has 1 rings (SSSR count). The number of rotatable bonds is 1. The van der Waals surface area contributed by atoms with Crippen LogP contribution in [0.4, 0.5) is 0 Å². The van der Waals surface area contributed by atoms with Crippen molar-refractivity contribution in [2.24, 2.45) is 10.9 Å². The zero-order valence-corrected chi connectivity index (χ0v) is 9.13. The van der Waals surface area contributed by atoms with Crippen LogP contribution in [0.3, 0.4) is 0 Å². The minimum absolute atomic E-state index is 0. The molecule has 0 aromatic carbocycles. The van der Waals surface area contributed by atoms with Gasteiger partial charge in [-0.15, -0.1) is 5.92 Å². The Kier molecular flexibility index (Phi) is 5.85. The fourth-order valence-electron chi connectivity index (χ4n) is 1.12.